The van der Waals surface area contributed by atoms with Crippen LogP contribution in [0.1, 0.15) is 11.3 Å². The molecule has 21 heavy (non-hydrogen) atoms. The summed E-state index contributed by atoms with van der Waals surface area (Å²) in [6, 6.07) is 5.68. The summed E-state index contributed by atoms with van der Waals surface area (Å²) in [6.45, 7) is 1.85. The topological polar surface area (TPSA) is 54.6 Å². The molecule has 0 aliphatic carbocycles. The molecule has 0 saturated carbocycles. The standard InChI is InChI=1S/C15H17F2NO3/c1-10-5-14(17)15(6-13(10)16)18-7-11(19)8-20-9-12-3-2-4-21-12/h2-6,11,18-19H,7-9H2,1H3. The van der Waals surface area contributed by atoms with E-state index in [-0.39, 0.29) is 31.0 Å². The highest BCUT2D eigenvalue weighted by molar-refractivity contribution is 5.46. The number of furan rings is 1. The fraction of sp³-hybridized carbons (Fsp3) is 0.333. The average Bonchev–Trinajstić information content (AvgIpc) is 2.94. The van der Waals surface area contributed by atoms with Gasteiger partial charge in [0.05, 0.1) is 24.7 Å². The zero-order chi connectivity index (χ0) is 15.2. The number of aryl methyl sites for hydroxylation is 1. The average molecular weight is 297 g/mol. The number of aliphatic hydroxyl groups is 1. The normalized spacial score (nSPS) is 12.4. The van der Waals surface area contributed by atoms with Crippen molar-refractivity contribution >= 4 is 5.69 Å². The maximum Gasteiger partial charge on any atom is 0.146 e. The summed E-state index contributed by atoms with van der Waals surface area (Å²) < 4.78 is 37.2. The minimum Gasteiger partial charge on any atom is -0.467 e. The van der Waals surface area contributed by atoms with E-state index >= 15 is 0 Å². The first-order valence-corrected chi connectivity index (χ1v) is 6.54. The predicted octanol–water partition coefficient (Wildman–Crippen LogP) is 2.86. The molecule has 114 valence electrons. The van der Waals surface area contributed by atoms with Gasteiger partial charge >= 0.3 is 0 Å². The van der Waals surface area contributed by atoms with Crippen molar-refractivity contribution < 1.29 is 23.0 Å². The highest BCUT2D eigenvalue weighted by Gasteiger charge is 2.10. The number of benzene rings is 1. The molecule has 6 heteroatoms. The molecule has 1 aromatic heterocycles. The monoisotopic (exact) mass is 297 g/mol. The fourth-order valence-corrected chi connectivity index (χ4v) is 1.76. The maximum atomic E-state index is 13.6. The quantitative estimate of drug-likeness (QED) is 0.825. The van der Waals surface area contributed by atoms with Crippen LogP contribution in [-0.2, 0) is 11.3 Å². The van der Waals surface area contributed by atoms with E-state index in [1.54, 1.807) is 12.1 Å². The summed E-state index contributed by atoms with van der Waals surface area (Å²) in [6.07, 6.45) is 0.689. The molecule has 1 atom stereocenters. The van der Waals surface area contributed by atoms with Crippen LogP contribution < -0.4 is 5.32 Å². The van der Waals surface area contributed by atoms with Crippen molar-refractivity contribution in [2.45, 2.75) is 19.6 Å². The third-order valence-electron chi connectivity index (χ3n) is 2.91. The minimum absolute atomic E-state index is 0.0168. The Morgan fingerprint density at radius 1 is 1.33 bits per heavy atom. The van der Waals surface area contributed by atoms with Gasteiger partial charge in [-0.05, 0) is 30.7 Å². The third kappa shape index (κ3) is 4.54. The molecule has 2 N–H and O–H groups in total. The highest BCUT2D eigenvalue weighted by Crippen LogP contribution is 2.18. The summed E-state index contributed by atoms with van der Waals surface area (Å²) in [7, 11) is 0. The van der Waals surface area contributed by atoms with E-state index in [2.05, 4.69) is 5.32 Å². The number of aliphatic hydroxyl groups excluding tert-OH is 1. The number of hydrogen-bond donors (Lipinski definition) is 2. The maximum absolute atomic E-state index is 13.6. The molecule has 0 spiro atoms. The number of rotatable bonds is 7. The zero-order valence-corrected chi connectivity index (χ0v) is 11.6. The summed E-state index contributed by atoms with van der Waals surface area (Å²) in [5.41, 5.74) is 0.253. The molecule has 0 amide bonds. The molecule has 0 radical (unpaired) electrons. The van der Waals surface area contributed by atoms with Gasteiger partial charge in [0.25, 0.3) is 0 Å². The van der Waals surface area contributed by atoms with Crippen LogP contribution in [0.4, 0.5) is 14.5 Å². The smallest absolute Gasteiger partial charge is 0.146 e. The second kappa shape index (κ2) is 7.19. The summed E-state index contributed by atoms with van der Waals surface area (Å²) in [5, 5.41) is 12.4. The first kappa shape index (κ1) is 15.5. The van der Waals surface area contributed by atoms with Crippen LogP contribution in [-0.4, -0.2) is 24.4 Å². The predicted molar refractivity (Wildman–Crippen MR) is 74.0 cm³/mol. The lowest BCUT2D eigenvalue weighted by Crippen LogP contribution is -2.25. The molecule has 4 nitrogen and oxygen atoms in total. The van der Waals surface area contributed by atoms with Crippen molar-refractivity contribution in [2.75, 3.05) is 18.5 Å². The zero-order valence-electron chi connectivity index (χ0n) is 11.6. The van der Waals surface area contributed by atoms with Crippen LogP contribution in [0.5, 0.6) is 0 Å². The van der Waals surface area contributed by atoms with Gasteiger partial charge in [-0.1, -0.05) is 0 Å². The Morgan fingerprint density at radius 2 is 2.14 bits per heavy atom. The first-order chi connectivity index (χ1) is 10.1. The molecule has 1 aromatic carbocycles. The van der Waals surface area contributed by atoms with Gasteiger partial charge in [-0.15, -0.1) is 0 Å². The summed E-state index contributed by atoms with van der Waals surface area (Å²) >= 11 is 0. The lowest BCUT2D eigenvalue weighted by molar-refractivity contribution is 0.0282. The Kier molecular flexibility index (Phi) is 5.30. The molecular weight excluding hydrogens is 280 g/mol. The van der Waals surface area contributed by atoms with Crippen molar-refractivity contribution in [2.24, 2.45) is 0 Å². The molecule has 1 heterocycles. The molecule has 0 saturated heterocycles. The minimum atomic E-state index is -0.844. The van der Waals surface area contributed by atoms with Gasteiger partial charge in [-0.3, -0.25) is 0 Å². The molecule has 0 bridgehead atoms. The lowest BCUT2D eigenvalue weighted by Gasteiger charge is -2.14. The number of nitrogens with one attached hydrogen (secondary N) is 1. The summed E-state index contributed by atoms with van der Waals surface area (Å²) in [4.78, 5) is 0. The van der Waals surface area contributed by atoms with Gasteiger partial charge in [0, 0.05) is 12.6 Å². The van der Waals surface area contributed by atoms with E-state index < -0.39 is 17.7 Å². The van der Waals surface area contributed by atoms with E-state index in [1.165, 1.54) is 13.2 Å². The lowest BCUT2D eigenvalue weighted by atomic mass is 10.2. The van der Waals surface area contributed by atoms with Gasteiger partial charge in [-0.25, -0.2) is 8.78 Å². The molecule has 1 unspecified atom stereocenters. The van der Waals surface area contributed by atoms with Gasteiger partial charge in [-0.2, -0.15) is 0 Å². The van der Waals surface area contributed by atoms with E-state index in [0.717, 1.165) is 12.1 Å². The van der Waals surface area contributed by atoms with E-state index in [9.17, 15) is 13.9 Å². The van der Waals surface area contributed by atoms with Gasteiger partial charge in [0.15, 0.2) is 0 Å². The third-order valence-corrected chi connectivity index (χ3v) is 2.91. The number of anilines is 1. The fourth-order valence-electron chi connectivity index (χ4n) is 1.76. The number of halogens is 2. The van der Waals surface area contributed by atoms with Crippen molar-refractivity contribution in [1.29, 1.82) is 0 Å². The van der Waals surface area contributed by atoms with E-state index in [1.807, 2.05) is 0 Å². The van der Waals surface area contributed by atoms with Crippen LogP contribution in [0.15, 0.2) is 34.9 Å². The van der Waals surface area contributed by atoms with Crippen LogP contribution >= 0.6 is 0 Å². The van der Waals surface area contributed by atoms with Crippen LogP contribution in [0.2, 0.25) is 0 Å². The van der Waals surface area contributed by atoms with E-state index in [4.69, 9.17) is 9.15 Å². The Morgan fingerprint density at radius 3 is 2.86 bits per heavy atom. The molecule has 2 rings (SSSR count). The van der Waals surface area contributed by atoms with Gasteiger partial charge in [0.2, 0.25) is 0 Å². The summed E-state index contributed by atoms with van der Waals surface area (Å²) in [5.74, 6) is -0.401. The van der Waals surface area contributed by atoms with Crippen LogP contribution in [0, 0.1) is 18.6 Å². The molecule has 0 aliphatic heterocycles. The second-order valence-corrected chi connectivity index (χ2v) is 4.71. The number of hydrogen-bond acceptors (Lipinski definition) is 4. The Balaban J connectivity index is 1.76. The number of ether oxygens (including phenoxy) is 1. The highest BCUT2D eigenvalue weighted by atomic mass is 19.1. The van der Waals surface area contributed by atoms with Gasteiger partial charge in [0.1, 0.15) is 24.0 Å². The van der Waals surface area contributed by atoms with Gasteiger partial charge < -0.3 is 19.6 Å². The van der Waals surface area contributed by atoms with Crippen molar-refractivity contribution in [1.82, 2.24) is 0 Å². The molecule has 0 aliphatic rings. The van der Waals surface area contributed by atoms with Crippen LogP contribution in [0.25, 0.3) is 0 Å². The van der Waals surface area contributed by atoms with Crippen molar-refractivity contribution in [3.05, 3.63) is 53.5 Å². The Labute approximate surface area is 121 Å². The first-order valence-electron chi connectivity index (χ1n) is 6.54. The van der Waals surface area contributed by atoms with E-state index in [0.29, 0.717) is 5.76 Å². The van der Waals surface area contributed by atoms with Crippen LogP contribution in [0.3, 0.4) is 0 Å². The second-order valence-electron chi connectivity index (χ2n) is 4.71. The van der Waals surface area contributed by atoms with Crippen molar-refractivity contribution in [3.63, 3.8) is 0 Å². The molecule has 0 fully saturated rings. The largest absolute Gasteiger partial charge is 0.467 e. The SMILES string of the molecule is Cc1cc(F)c(NCC(O)COCc2ccco2)cc1F. The van der Waals surface area contributed by atoms with Crippen molar-refractivity contribution in [3.8, 4) is 0 Å². The molecule has 2 aromatic rings. The Bertz CT molecular complexity index is 573. The Hall–Kier alpha value is -1.92. The molecular formula is C15H17F2NO3.